The number of hydrogen-bond donors (Lipinski definition) is 0. The fourth-order valence-corrected chi connectivity index (χ4v) is 15.4. The summed E-state index contributed by atoms with van der Waals surface area (Å²) in [6, 6.07) is 124. The van der Waals surface area contributed by atoms with Gasteiger partial charge in [0.15, 0.2) is 5.82 Å². The highest BCUT2D eigenvalue weighted by molar-refractivity contribution is 7.26. The number of hydrogen-bond acceptors (Lipinski definition) is 4. The molecule has 0 radical (unpaired) electrons. The first-order chi connectivity index (χ1) is 46.1. The molecule has 434 valence electrons. The number of thiophene rings is 1. The van der Waals surface area contributed by atoms with Gasteiger partial charge in [-0.05, 0) is 138 Å². The maximum absolute atomic E-state index is 5.36. The van der Waals surface area contributed by atoms with E-state index in [-0.39, 0.29) is 0 Å². The normalized spacial score (nSPS) is 11.7. The number of para-hydroxylation sites is 1. The van der Waals surface area contributed by atoms with Crippen LogP contribution in [0.1, 0.15) is 0 Å². The van der Waals surface area contributed by atoms with Crippen molar-refractivity contribution in [2.45, 2.75) is 0 Å². The van der Waals surface area contributed by atoms with Crippen LogP contribution >= 0.6 is 11.3 Å². The summed E-state index contributed by atoms with van der Waals surface area (Å²) >= 11 is 1.89. The largest absolute Gasteiger partial charge is 0.310 e. The smallest absolute Gasteiger partial charge is 0.160 e. The van der Waals surface area contributed by atoms with Gasteiger partial charge in [0.05, 0.1) is 32.8 Å². The van der Waals surface area contributed by atoms with Crippen molar-refractivity contribution < 1.29 is 0 Å². The summed E-state index contributed by atoms with van der Waals surface area (Å²) in [5.41, 5.74) is 20.4. The third-order valence-electron chi connectivity index (χ3n) is 18.6. The zero-order valence-electron chi connectivity index (χ0n) is 50.5. The summed E-state index contributed by atoms with van der Waals surface area (Å²) < 4.78 is 5.02. The molecular weight excluding hydrogens is 1150 g/mol. The van der Waals surface area contributed by atoms with Crippen LogP contribution in [0.2, 0.25) is 0 Å². The predicted molar refractivity (Wildman–Crippen MR) is 395 cm³/mol. The zero-order chi connectivity index (χ0) is 61.3. The van der Waals surface area contributed by atoms with Crippen molar-refractivity contribution in [2.24, 2.45) is 0 Å². The standard InChI is InChI=1S/C88H56N4S/c1-5-22-57(23-6-1)59-42-44-60(45-43-59)64-31-20-34-68(51-64)91(67-33-19-30-63(50-67)58-24-7-2-8-25-58)83-41-18-17-36-70(83)65-46-47-75-76-48-49-77-80-54-78-73-39-15-13-37-71(73)72-38-14-16-40-74(72)79(78)55-85(80)93-87(77)86(76)92(84(75)53-65)69-35-21-32-66(52-69)88-89-81(61-26-9-3-10-27-61)56-82(90-88)62-28-11-4-12-29-62/h1-56H. The molecule has 3 aromatic heterocycles. The van der Waals surface area contributed by atoms with Gasteiger partial charge in [-0.15, -0.1) is 11.3 Å². The third-order valence-corrected chi connectivity index (χ3v) is 19.7. The van der Waals surface area contributed by atoms with E-state index in [9.17, 15) is 0 Å². The van der Waals surface area contributed by atoms with Crippen molar-refractivity contribution in [3.8, 4) is 84.1 Å². The molecule has 3 heterocycles. The number of rotatable bonds is 11. The Hall–Kier alpha value is -12.0. The molecule has 0 unspecified atom stereocenters. The highest BCUT2D eigenvalue weighted by Crippen LogP contribution is 2.49. The SMILES string of the molecule is c1ccc(-c2ccc(-c3cccc(N(c4cccc(-c5ccccc5)c4)c4ccccc4-c4ccc5c6ccc7c8cc9c%10ccccc%10c%10ccccc%10c9cc8sc7c6n(-c6cccc(-c7nc(-c8ccccc8)cc(-c8ccccc8)n7)c6)c5c4)c3)cc2)cc1. The summed E-state index contributed by atoms with van der Waals surface area (Å²) in [5.74, 6) is 0.662. The second kappa shape index (κ2) is 22.5. The van der Waals surface area contributed by atoms with E-state index in [1.807, 2.05) is 11.3 Å². The first kappa shape index (κ1) is 54.0. The Morgan fingerprint density at radius 3 is 1.33 bits per heavy atom. The Morgan fingerprint density at radius 1 is 0.269 bits per heavy atom. The molecule has 0 spiro atoms. The number of anilines is 3. The Morgan fingerprint density at radius 2 is 0.720 bits per heavy atom. The van der Waals surface area contributed by atoms with Crippen molar-refractivity contribution in [3.05, 3.63) is 340 Å². The molecule has 18 rings (SSSR count). The van der Waals surface area contributed by atoms with Gasteiger partial charge in [-0.2, -0.15) is 0 Å². The molecule has 5 heteroatoms. The lowest BCUT2D eigenvalue weighted by Crippen LogP contribution is -2.11. The van der Waals surface area contributed by atoms with Crippen LogP contribution in [0.5, 0.6) is 0 Å². The lowest BCUT2D eigenvalue weighted by molar-refractivity contribution is 1.16. The van der Waals surface area contributed by atoms with Crippen LogP contribution in [-0.4, -0.2) is 14.5 Å². The molecule has 0 aliphatic carbocycles. The van der Waals surface area contributed by atoms with Gasteiger partial charge in [-0.3, -0.25) is 0 Å². The third kappa shape index (κ3) is 9.44. The summed E-state index contributed by atoms with van der Waals surface area (Å²) in [6.45, 7) is 0. The van der Waals surface area contributed by atoms with Gasteiger partial charge in [-0.1, -0.05) is 273 Å². The highest BCUT2D eigenvalue weighted by Gasteiger charge is 2.24. The fraction of sp³-hybridized carbons (Fsp3) is 0. The van der Waals surface area contributed by atoms with Crippen LogP contribution in [0.15, 0.2) is 340 Å². The molecule has 0 aliphatic heterocycles. The summed E-state index contributed by atoms with van der Waals surface area (Å²) in [5, 5.41) is 12.5. The Bertz CT molecular complexity index is 5860. The van der Waals surface area contributed by atoms with E-state index < -0.39 is 0 Å². The van der Waals surface area contributed by atoms with E-state index in [2.05, 4.69) is 349 Å². The molecule has 0 bridgehead atoms. The minimum Gasteiger partial charge on any atom is -0.310 e. The van der Waals surface area contributed by atoms with Crippen LogP contribution in [0.25, 0.3) is 158 Å². The first-order valence-electron chi connectivity index (χ1n) is 31.7. The lowest BCUT2D eigenvalue weighted by Gasteiger charge is -2.29. The number of nitrogens with zero attached hydrogens (tertiary/aromatic N) is 4. The molecule has 0 amide bonds. The van der Waals surface area contributed by atoms with Crippen LogP contribution in [0.3, 0.4) is 0 Å². The van der Waals surface area contributed by atoms with E-state index in [1.165, 1.54) is 79.9 Å². The molecule has 15 aromatic carbocycles. The molecule has 93 heavy (non-hydrogen) atoms. The zero-order valence-corrected chi connectivity index (χ0v) is 51.3. The quantitative estimate of drug-likeness (QED) is 0.121. The maximum atomic E-state index is 5.36. The van der Waals surface area contributed by atoms with E-state index in [0.717, 1.165) is 89.7 Å². The minimum absolute atomic E-state index is 0.662. The molecule has 4 nitrogen and oxygen atoms in total. The van der Waals surface area contributed by atoms with E-state index in [4.69, 9.17) is 9.97 Å². The first-order valence-corrected chi connectivity index (χ1v) is 32.5. The van der Waals surface area contributed by atoms with Crippen LogP contribution < -0.4 is 4.90 Å². The number of benzene rings is 15. The second-order valence-corrected chi connectivity index (χ2v) is 25.1. The molecule has 0 saturated heterocycles. The maximum Gasteiger partial charge on any atom is 0.160 e. The molecule has 18 aromatic rings. The van der Waals surface area contributed by atoms with E-state index >= 15 is 0 Å². The van der Waals surface area contributed by atoms with Crippen molar-refractivity contribution in [1.82, 2.24) is 14.5 Å². The molecule has 0 fully saturated rings. The number of aromatic nitrogens is 3. The van der Waals surface area contributed by atoms with Crippen LogP contribution in [-0.2, 0) is 0 Å². The van der Waals surface area contributed by atoms with Gasteiger partial charge in [0, 0.05) is 65.6 Å². The Kier molecular flexibility index (Phi) is 13.0. The van der Waals surface area contributed by atoms with E-state index in [1.54, 1.807) is 0 Å². The van der Waals surface area contributed by atoms with Gasteiger partial charge in [0.25, 0.3) is 0 Å². The Labute approximate surface area is 542 Å². The van der Waals surface area contributed by atoms with Crippen molar-refractivity contribution in [2.75, 3.05) is 4.90 Å². The average Bonchev–Trinajstić information content (AvgIpc) is 1.76. The molecule has 0 aliphatic rings. The van der Waals surface area contributed by atoms with Gasteiger partial charge >= 0.3 is 0 Å². The second-order valence-electron chi connectivity index (χ2n) is 24.0. The van der Waals surface area contributed by atoms with Crippen LogP contribution in [0, 0.1) is 0 Å². The highest BCUT2D eigenvalue weighted by atomic mass is 32.1. The lowest BCUT2D eigenvalue weighted by atomic mass is 9.93. The molecule has 0 saturated carbocycles. The van der Waals surface area contributed by atoms with Crippen molar-refractivity contribution >= 4 is 103 Å². The van der Waals surface area contributed by atoms with Crippen LogP contribution in [0.4, 0.5) is 17.1 Å². The van der Waals surface area contributed by atoms with Gasteiger partial charge in [-0.25, -0.2) is 9.97 Å². The Balaban J connectivity index is 0.860. The van der Waals surface area contributed by atoms with Gasteiger partial charge < -0.3 is 9.47 Å². The molecule has 0 atom stereocenters. The topological polar surface area (TPSA) is 34.0 Å². The van der Waals surface area contributed by atoms with Crippen molar-refractivity contribution in [3.63, 3.8) is 0 Å². The van der Waals surface area contributed by atoms with Gasteiger partial charge in [0.1, 0.15) is 0 Å². The molecular formula is C88H56N4S. The predicted octanol–water partition coefficient (Wildman–Crippen LogP) is 24.5. The summed E-state index contributed by atoms with van der Waals surface area (Å²) in [4.78, 5) is 13.2. The summed E-state index contributed by atoms with van der Waals surface area (Å²) in [7, 11) is 0. The average molecular weight is 1200 g/mol. The number of fused-ring (bicyclic) bond motifs is 13. The minimum atomic E-state index is 0.662. The van der Waals surface area contributed by atoms with Crippen molar-refractivity contribution in [1.29, 1.82) is 0 Å². The van der Waals surface area contributed by atoms with E-state index in [0.29, 0.717) is 5.82 Å². The monoisotopic (exact) mass is 1200 g/mol. The molecule has 0 N–H and O–H groups in total. The fourth-order valence-electron chi connectivity index (χ4n) is 14.1. The van der Waals surface area contributed by atoms with Gasteiger partial charge in [0.2, 0.25) is 0 Å². The summed E-state index contributed by atoms with van der Waals surface area (Å²) in [6.07, 6.45) is 0.